The summed E-state index contributed by atoms with van der Waals surface area (Å²) in [5.74, 6) is 1.79. The molecular weight excluding hydrogens is 320 g/mol. The Labute approximate surface area is 159 Å². The molecule has 2 fully saturated rings. The Balaban J connectivity index is 1.48. The summed E-state index contributed by atoms with van der Waals surface area (Å²) in [7, 11) is 0. The molecule has 0 aromatic heterocycles. The van der Waals surface area contributed by atoms with Crippen LogP contribution in [0.3, 0.4) is 0 Å². The fourth-order valence-electron chi connectivity index (χ4n) is 4.60. The van der Waals surface area contributed by atoms with Crippen molar-refractivity contribution in [3.63, 3.8) is 0 Å². The molecule has 1 saturated heterocycles. The predicted molar refractivity (Wildman–Crippen MR) is 109 cm³/mol. The normalized spacial score (nSPS) is 25.1. The number of carbonyl (C=O) groups excluding carboxylic acids is 1. The lowest BCUT2D eigenvalue weighted by molar-refractivity contribution is -0.136. The van der Waals surface area contributed by atoms with E-state index >= 15 is 0 Å². The molecule has 0 atom stereocenters. The van der Waals surface area contributed by atoms with Gasteiger partial charge in [-0.3, -0.25) is 9.69 Å². The average molecular weight is 357 g/mol. The lowest BCUT2D eigenvalue weighted by Gasteiger charge is -2.42. The van der Waals surface area contributed by atoms with Gasteiger partial charge in [0.2, 0.25) is 5.91 Å². The molecule has 0 unspecified atom stereocenters. The van der Waals surface area contributed by atoms with E-state index in [2.05, 4.69) is 47.9 Å². The first-order chi connectivity index (χ1) is 12.5. The van der Waals surface area contributed by atoms with E-state index in [1.54, 1.807) is 0 Å². The second-order valence-electron chi connectivity index (χ2n) is 8.84. The summed E-state index contributed by atoms with van der Waals surface area (Å²) < 4.78 is 0. The van der Waals surface area contributed by atoms with Gasteiger partial charge in [0.05, 0.1) is 0 Å². The molecule has 0 N–H and O–H groups in total. The molecular formula is C23H36N2O. The van der Waals surface area contributed by atoms with Crippen molar-refractivity contribution in [2.75, 3.05) is 26.2 Å². The van der Waals surface area contributed by atoms with Crippen LogP contribution >= 0.6 is 0 Å². The van der Waals surface area contributed by atoms with Crippen molar-refractivity contribution in [1.82, 2.24) is 9.80 Å². The fourth-order valence-corrected chi connectivity index (χ4v) is 4.60. The van der Waals surface area contributed by atoms with Crippen LogP contribution in [-0.2, 0) is 4.79 Å². The standard InChI is InChI=1S/C23H36N2O/c1-17(2)19-5-7-20(8-6-19)21-9-11-22(12-10-21)24-13-15-25(16-14-24)23(26)18(3)4/h5-8,17-18,21-22H,9-16H2,1-4H3. The number of nitrogens with zero attached hydrogens (tertiary/aromatic N) is 2. The Kier molecular flexibility index (Phi) is 6.39. The lowest BCUT2D eigenvalue weighted by Crippen LogP contribution is -2.53. The Bertz CT molecular complexity index is 577. The molecule has 3 heteroatoms. The van der Waals surface area contributed by atoms with Crippen LogP contribution in [0.2, 0.25) is 0 Å². The van der Waals surface area contributed by atoms with Gasteiger partial charge in [0.15, 0.2) is 0 Å². The van der Waals surface area contributed by atoms with Gasteiger partial charge in [-0.2, -0.15) is 0 Å². The molecule has 2 aliphatic rings. The number of piperazine rings is 1. The average Bonchev–Trinajstić information content (AvgIpc) is 2.67. The summed E-state index contributed by atoms with van der Waals surface area (Å²) in [6.07, 6.45) is 5.21. The van der Waals surface area contributed by atoms with Crippen LogP contribution in [0.4, 0.5) is 0 Å². The number of hydrogen-bond acceptors (Lipinski definition) is 2. The van der Waals surface area contributed by atoms with Crippen LogP contribution in [0.25, 0.3) is 0 Å². The van der Waals surface area contributed by atoms with Gasteiger partial charge < -0.3 is 4.90 Å². The van der Waals surface area contributed by atoms with Crippen LogP contribution in [0.1, 0.15) is 76.3 Å². The van der Waals surface area contributed by atoms with E-state index in [9.17, 15) is 4.79 Å². The van der Waals surface area contributed by atoms with E-state index < -0.39 is 0 Å². The van der Waals surface area contributed by atoms with E-state index in [4.69, 9.17) is 0 Å². The smallest absolute Gasteiger partial charge is 0.225 e. The number of hydrogen-bond donors (Lipinski definition) is 0. The molecule has 1 saturated carbocycles. The fraction of sp³-hybridized carbons (Fsp3) is 0.696. The molecule has 0 spiro atoms. The lowest BCUT2D eigenvalue weighted by atomic mass is 9.80. The highest BCUT2D eigenvalue weighted by molar-refractivity contribution is 5.78. The van der Waals surface area contributed by atoms with Gasteiger partial charge in [0.25, 0.3) is 0 Å². The molecule has 144 valence electrons. The minimum atomic E-state index is 0.124. The molecule has 1 aliphatic heterocycles. The molecule has 1 heterocycles. The minimum Gasteiger partial charge on any atom is -0.340 e. The van der Waals surface area contributed by atoms with Gasteiger partial charge >= 0.3 is 0 Å². The van der Waals surface area contributed by atoms with E-state index in [-0.39, 0.29) is 5.92 Å². The summed E-state index contributed by atoms with van der Waals surface area (Å²) in [6, 6.07) is 10.1. The molecule has 0 bridgehead atoms. The highest BCUT2D eigenvalue weighted by Gasteiger charge is 2.30. The SMILES string of the molecule is CC(C)C(=O)N1CCN(C2CCC(c3ccc(C(C)C)cc3)CC2)CC1. The van der Waals surface area contributed by atoms with Crippen molar-refractivity contribution >= 4 is 5.91 Å². The number of amides is 1. The number of benzene rings is 1. The molecule has 3 rings (SSSR count). The van der Waals surface area contributed by atoms with Crippen LogP contribution in [0, 0.1) is 5.92 Å². The molecule has 1 amide bonds. The van der Waals surface area contributed by atoms with E-state index in [1.165, 1.54) is 36.8 Å². The van der Waals surface area contributed by atoms with Gasteiger partial charge in [-0.25, -0.2) is 0 Å². The quantitative estimate of drug-likeness (QED) is 0.785. The number of rotatable bonds is 4. The third kappa shape index (κ3) is 4.49. The first-order valence-corrected chi connectivity index (χ1v) is 10.6. The van der Waals surface area contributed by atoms with Crippen molar-refractivity contribution < 1.29 is 4.79 Å². The Hall–Kier alpha value is -1.35. The van der Waals surface area contributed by atoms with Crippen LogP contribution in [-0.4, -0.2) is 47.9 Å². The largest absolute Gasteiger partial charge is 0.340 e. The first kappa shape index (κ1) is 19.4. The Morgan fingerprint density at radius 1 is 0.885 bits per heavy atom. The van der Waals surface area contributed by atoms with E-state index in [1.807, 2.05) is 13.8 Å². The van der Waals surface area contributed by atoms with Gasteiger partial charge in [0, 0.05) is 38.1 Å². The molecule has 3 nitrogen and oxygen atoms in total. The topological polar surface area (TPSA) is 23.6 Å². The van der Waals surface area contributed by atoms with Crippen LogP contribution < -0.4 is 0 Å². The Morgan fingerprint density at radius 3 is 1.96 bits per heavy atom. The van der Waals surface area contributed by atoms with Gasteiger partial charge in [-0.1, -0.05) is 52.0 Å². The zero-order valence-electron chi connectivity index (χ0n) is 17.1. The Morgan fingerprint density at radius 2 is 1.46 bits per heavy atom. The molecule has 1 aromatic carbocycles. The predicted octanol–water partition coefficient (Wildman–Crippen LogP) is 4.64. The maximum absolute atomic E-state index is 12.2. The highest BCUT2D eigenvalue weighted by Crippen LogP contribution is 2.35. The second kappa shape index (κ2) is 8.56. The van der Waals surface area contributed by atoms with Crippen molar-refractivity contribution in [2.24, 2.45) is 5.92 Å². The third-order valence-electron chi connectivity index (χ3n) is 6.41. The van der Waals surface area contributed by atoms with Crippen molar-refractivity contribution in [1.29, 1.82) is 0 Å². The van der Waals surface area contributed by atoms with Gasteiger partial charge in [-0.15, -0.1) is 0 Å². The highest BCUT2D eigenvalue weighted by atomic mass is 16.2. The van der Waals surface area contributed by atoms with Gasteiger partial charge in [-0.05, 0) is 48.6 Å². The zero-order valence-corrected chi connectivity index (χ0v) is 17.1. The van der Waals surface area contributed by atoms with Crippen molar-refractivity contribution in [2.45, 2.75) is 71.3 Å². The first-order valence-electron chi connectivity index (χ1n) is 10.6. The summed E-state index contributed by atoms with van der Waals surface area (Å²) in [4.78, 5) is 16.9. The second-order valence-corrected chi connectivity index (χ2v) is 8.84. The van der Waals surface area contributed by atoms with Crippen LogP contribution in [0.15, 0.2) is 24.3 Å². The molecule has 1 aromatic rings. The summed E-state index contributed by atoms with van der Waals surface area (Å²) >= 11 is 0. The molecule has 26 heavy (non-hydrogen) atoms. The van der Waals surface area contributed by atoms with Gasteiger partial charge in [0.1, 0.15) is 0 Å². The van der Waals surface area contributed by atoms with E-state index in [0.717, 1.165) is 38.1 Å². The number of carbonyl (C=O) groups is 1. The summed E-state index contributed by atoms with van der Waals surface area (Å²) in [6.45, 7) is 12.5. The zero-order chi connectivity index (χ0) is 18.7. The summed E-state index contributed by atoms with van der Waals surface area (Å²) in [5.41, 5.74) is 2.97. The van der Waals surface area contributed by atoms with Crippen molar-refractivity contribution in [3.05, 3.63) is 35.4 Å². The van der Waals surface area contributed by atoms with E-state index in [0.29, 0.717) is 11.8 Å². The van der Waals surface area contributed by atoms with Crippen molar-refractivity contribution in [3.8, 4) is 0 Å². The molecule has 1 aliphatic carbocycles. The monoisotopic (exact) mass is 356 g/mol. The van der Waals surface area contributed by atoms with Crippen LogP contribution in [0.5, 0.6) is 0 Å². The maximum Gasteiger partial charge on any atom is 0.225 e. The molecule has 0 radical (unpaired) electrons. The summed E-state index contributed by atoms with van der Waals surface area (Å²) in [5, 5.41) is 0. The maximum atomic E-state index is 12.2. The minimum absolute atomic E-state index is 0.124. The third-order valence-corrected chi connectivity index (χ3v) is 6.41.